The van der Waals surface area contributed by atoms with Gasteiger partial charge in [-0.15, -0.1) is 0 Å². The number of phenols is 1. The van der Waals surface area contributed by atoms with Crippen LogP contribution in [-0.2, 0) is 6.54 Å². The second-order valence-corrected chi connectivity index (χ2v) is 4.49. The SMILES string of the molecule is CN(Cc1cccc(Cl)c1O)c1cccc(F)c1. The lowest BCUT2D eigenvalue weighted by atomic mass is 10.2. The lowest BCUT2D eigenvalue weighted by Crippen LogP contribution is -2.16. The van der Waals surface area contributed by atoms with E-state index in [0.717, 1.165) is 5.69 Å². The molecule has 0 aromatic heterocycles. The molecule has 0 saturated heterocycles. The molecule has 2 rings (SSSR count). The van der Waals surface area contributed by atoms with Crippen LogP contribution in [0.15, 0.2) is 42.5 Å². The van der Waals surface area contributed by atoms with Crippen LogP contribution >= 0.6 is 11.6 Å². The molecule has 1 N–H and O–H groups in total. The number of nitrogens with zero attached hydrogens (tertiary/aromatic N) is 1. The summed E-state index contributed by atoms with van der Waals surface area (Å²) in [6, 6.07) is 11.5. The first-order chi connectivity index (χ1) is 8.58. The molecule has 4 heteroatoms. The van der Waals surface area contributed by atoms with Gasteiger partial charge in [0.15, 0.2) is 0 Å². The summed E-state index contributed by atoms with van der Waals surface area (Å²) in [5.74, 6) is -0.211. The first-order valence-electron chi connectivity index (χ1n) is 5.51. The Bertz CT molecular complexity index is 559. The summed E-state index contributed by atoms with van der Waals surface area (Å²) >= 11 is 5.84. The zero-order valence-electron chi connectivity index (χ0n) is 9.90. The maximum absolute atomic E-state index is 13.1. The van der Waals surface area contributed by atoms with E-state index in [-0.39, 0.29) is 11.6 Å². The van der Waals surface area contributed by atoms with E-state index in [0.29, 0.717) is 17.1 Å². The highest BCUT2D eigenvalue weighted by Gasteiger charge is 2.08. The molecule has 0 spiro atoms. The average molecular weight is 266 g/mol. The van der Waals surface area contributed by atoms with Crippen molar-refractivity contribution in [1.29, 1.82) is 0 Å². The molecule has 18 heavy (non-hydrogen) atoms. The van der Waals surface area contributed by atoms with Crippen LogP contribution in [0.25, 0.3) is 0 Å². The van der Waals surface area contributed by atoms with Crippen LogP contribution in [0.5, 0.6) is 5.75 Å². The van der Waals surface area contributed by atoms with Crippen molar-refractivity contribution in [2.45, 2.75) is 6.54 Å². The summed E-state index contributed by atoms with van der Waals surface area (Å²) in [6.45, 7) is 0.454. The van der Waals surface area contributed by atoms with Gasteiger partial charge in [0.05, 0.1) is 5.02 Å². The van der Waals surface area contributed by atoms with Crippen molar-refractivity contribution in [2.75, 3.05) is 11.9 Å². The summed E-state index contributed by atoms with van der Waals surface area (Å²) in [6.07, 6.45) is 0. The summed E-state index contributed by atoms with van der Waals surface area (Å²) < 4.78 is 13.1. The molecule has 0 unspecified atom stereocenters. The molecule has 0 aliphatic carbocycles. The van der Waals surface area contributed by atoms with Gasteiger partial charge in [-0.05, 0) is 24.3 Å². The Morgan fingerprint density at radius 1 is 1.22 bits per heavy atom. The quantitative estimate of drug-likeness (QED) is 0.912. The number of anilines is 1. The minimum Gasteiger partial charge on any atom is -0.506 e. The van der Waals surface area contributed by atoms with Crippen LogP contribution in [0.3, 0.4) is 0 Å². The van der Waals surface area contributed by atoms with Crippen molar-refractivity contribution < 1.29 is 9.50 Å². The molecular formula is C14H13ClFNO. The van der Waals surface area contributed by atoms with Gasteiger partial charge in [0.25, 0.3) is 0 Å². The monoisotopic (exact) mass is 265 g/mol. The third-order valence-electron chi connectivity index (χ3n) is 2.73. The van der Waals surface area contributed by atoms with Gasteiger partial charge in [-0.25, -0.2) is 4.39 Å². The van der Waals surface area contributed by atoms with Crippen LogP contribution in [0.1, 0.15) is 5.56 Å². The number of hydrogen-bond acceptors (Lipinski definition) is 2. The number of halogens is 2. The molecule has 2 aromatic rings. The van der Waals surface area contributed by atoms with Crippen molar-refractivity contribution in [2.24, 2.45) is 0 Å². The molecule has 0 aliphatic heterocycles. The zero-order valence-corrected chi connectivity index (χ0v) is 10.7. The molecule has 0 atom stereocenters. The molecule has 0 saturated carbocycles. The molecule has 0 heterocycles. The van der Waals surface area contributed by atoms with Gasteiger partial charge in [0.2, 0.25) is 0 Å². The maximum atomic E-state index is 13.1. The Kier molecular flexibility index (Phi) is 3.72. The Morgan fingerprint density at radius 2 is 1.94 bits per heavy atom. The molecule has 0 aliphatic rings. The van der Waals surface area contributed by atoms with Gasteiger partial charge >= 0.3 is 0 Å². The number of hydrogen-bond donors (Lipinski definition) is 1. The molecule has 94 valence electrons. The highest BCUT2D eigenvalue weighted by Crippen LogP contribution is 2.28. The predicted octanol–water partition coefficient (Wildman–Crippen LogP) is 3.82. The van der Waals surface area contributed by atoms with Crippen molar-refractivity contribution in [1.82, 2.24) is 0 Å². The highest BCUT2D eigenvalue weighted by molar-refractivity contribution is 6.32. The van der Waals surface area contributed by atoms with E-state index in [9.17, 15) is 9.50 Å². The number of rotatable bonds is 3. The Hall–Kier alpha value is -1.74. The van der Waals surface area contributed by atoms with Gasteiger partial charge in [0.1, 0.15) is 11.6 Å². The van der Waals surface area contributed by atoms with Crippen LogP contribution < -0.4 is 4.90 Å². The lowest BCUT2D eigenvalue weighted by Gasteiger charge is -2.20. The van der Waals surface area contributed by atoms with E-state index >= 15 is 0 Å². The van der Waals surface area contributed by atoms with E-state index in [4.69, 9.17) is 11.6 Å². The van der Waals surface area contributed by atoms with E-state index in [2.05, 4.69) is 0 Å². The first-order valence-corrected chi connectivity index (χ1v) is 5.89. The van der Waals surface area contributed by atoms with Gasteiger partial charge in [0, 0.05) is 24.8 Å². The normalized spacial score (nSPS) is 10.4. The molecule has 0 radical (unpaired) electrons. The van der Waals surface area contributed by atoms with Crippen molar-refractivity contribution in [3.05, 3.63) is 58.9 Å². The number of phenolic OH excluding ortho intramolecular Hbond substituents is 1. The average Bonchev–Trinajstić information content (AvgIpc) is 2.35. The van der Waals surface area contributed by atoms with E-state index in [1.54, 1.807) is 24.3 Å². The highest BCUT2D eigenvalue weighted by atomic mass is 35.5. The predicted molar refractivity (Wildman–Crippen MR) is 71.6 cm³/mol. The fraction of sp³-hybridized carbons (Fsp3) is 0.143. The Morgan fingerprint density at radius 3 is 2.67 bits per heavy atom. The number of aromatic hydroxyl groups is 1. The number of para-hydroxylation sites is 1. The minimum absolute atomic E-state index is 0.0717. The van der Waals surface area contributed by atoms with Crippen molar-refractivity contribution in [3.8, 4) is 5.75 Å². The molecule has 2 aromatic carbocycles. The first kappa shape index (κ1) is 12.7. The van der Waals surface area contributed by atoms with Crippen LogP contribution in [0, 0.1) is 5.82 Å². The van der Waals surface area contributed by atoms with E-state index < -0.39 is 0 Å². The van der Waals surface area contributed by atoms with Gasteiger partial charge in [-0.3, -0.25) is 0 Å². The molecule has 0 amide bonds. The third kappa shape index (κ3) is 2.74. The summed E-state index contributed by atoms with van der Waals surface area (Å²) in [5, 5.41) is 10.1. The van der Waals surface area contributed by atoms with Crippen LogP contribution in [0.2, 0.25) is 5.02 Å². The smallest absolute Gasteiger partial charge is 0.139 e. The molecule has 2 nitrogen and oxygen atoms in total. The topological polar surface area (TPSA) is 23.5 Å². The Labute approximate surface area is 110 Å². The maximum Gasteiger partial charge on any atom is 0.139 e. The lowest BCUT2D eigenvalue weighted by molar-refractivity contribution is 0.468. The van der Waals surface area contributed by atoms with Crippen LogP contribution in [-0.4, -0.2) is 12.2 Å². The molecule has 0 fully saturated rings. The second kappa shape index (κ2) is 5.27. The van der Waals surface area contributed by atoms with Gasteiger partial charge in [-0.2, -0.15) is 0 Å². The molecular weight excluding hydrogens is 253 g/mol. The summed E-state index contributed by atoms with van der Waals surface area (Å²) in [5.41, 5.74) is 1.45. The largest absolute Gasteiger partial charge is 0.506 e. The third-order valence-corrected chi connectivity index (χ3v) is 3.03. The Balaban J connectivity index is 2.21. The zero-order chi connectivity index (χ0) is 13.1. The second-order valence-electron chi connectivity index (χ2n) is 4.08. The van der Waals surface area contributed by atoms with E-state index in [1.165, 1.54) is 12.1 Å². The van der Waals surface area contributed by atoms with Crippen molar-refractivity contribution in [3.63, 3.8) is 0 Å². The fourth-order valence-corrected chi connectivity index (χ4v) is 1.94. The standard InChI is InChI=1S/C14H13ClFNO/c1-17(12-6-3-5-11(16)8-12)9-10-4-2-7-13(15)14(10)18/h2-8,18H,9H2,1H3. The number of benzene rings is 2. The van der Waals surface area contributed by atoms with E-state index in [1.807, 2.05) is 18.0 Å². The molecule has 0 bridgehead atoms. The van der Waals surface area contributed by atoms with Crippen LogP contribution in [0.4, 0.5) is 10.1 Å². The minimum atomic E-state index is -0.283. The summed E-state index contributed by atoms with van der Waals surface area (Å²) in [4.78, 5) is 1.84. The fourth-order valence-electron chi connectivity index (χ4n) is 1.75. The van der Waals surface area contributed by atoms with Crippen molar-refractivity contribution >= 4 is 17.3 Å². The van der Waals surface area contributed by atoms with Gasteiger partial charge in [-0.1, -0.05) is 29.8 Å². The summed E-state index contributed by atoms with van der Waals surface area (Å²) in [7, 11) is 1.83. The van der Waals surface area contributed by atoms with Gasteiger partial charge < -0.3 is 10.0 Å².